The van der Waals surface area contributed by atoms with Gasteiger partial charge in [0, 0.05) is 17.7 Å². The first-order valence-electron chi connectivity index (χ1n) is 5.72. The smallest absolute Gasteiger partial charge is 0.162 e. The Morgan fingerprint density at radius 3 is 2.53 bits per heavy atom. The van der Waals surface area contributed by atoms with Crippen molar-refractivity contribution in [2.45, 2.75) is 32.8 Å². The van der Waals surface area contributed by atoms with E-state index in [2.05, 4.69) is 0 Å². The van der Waals surface area contributed by atoms with E-state index in [-0.39, 0.29) is 12.7 Å². The van der Waals surface area contributed by atoms with E-state index in [0.717, 1.165) is 12.0 Å². The molecule has 0 aliphatic heterocycles. The van der Waals surface area contributed by atoms with Gasteiger partial charge in [-0.2, -0.15) is 0 Å². The summed E-state index contributed by atoms with van der Waals surface area (Å²) in [6.45, 7) is 4.08. The number of aliphatic hydroxyl groups excluding tert-OH is 1. The summed E-state index contributed by atoms with van der Waals surface area (Å²) >= 11 is 6.14. The monoisotopic (exact) mass is 258 g/mol. The summed E-state index contributed by atoms with van der Waals surface area (Å²) in [6.07, 6.45) is 1.50. The van der Waals surface area contributed by atoms with Crippen molar-refractivity contribution in [3.8, 4) is 11.5 Å². The minimum atomic E-state index is 0.0794. The highest BCUT2D eigenvalue weighted by Crippen LogP contribution is 2.34. The van der Waals surface area contributed by atoms with Crippen molar-refractivity contribution >= 4 is 11.6 Å². The lowest BCUT2D eigenvalue weighted by molar-refractivity contribution is 0.230. The topological polar surface area (TPSA) is 38.7 Å². The van der Waals surface area contributed by atoms with Gasteiger partial charge >= 0.3 is 0 Å². The summed E-state index contributed by atoms with van der Waals surface area (Å²) in [5.41, 5.74) is 0.970. The van der Waals surface area contributed by atoms with Crippen LogP contribution in [0.3, 0.4) is 0 Å². The van der Waals surface area contributed by atoms with Crippen LogP contribution in [-0.2, 0) is 6.42 Å². The second kappa shape index (κ2) is 6.72. The standard InChI is InChI=1S/C13H19ClO3/c1-9(2)17-13-7-10(5-4-6-15)11(14)8-12(13)16-3/h7-9,15H,4-6H2,1-3H3. The van der Waals surface area contributed by atoms with E-state index in [1.54, 1.807) is 13.2 Å². The Kier molecular flexibility index (Phi) is 5.59. The van der Waals surface area contributed by atoms with E-state index < -0.39 is 0 Å². The molecule has 0 saturated carbocycles. The molecular formula is C13H19ClO3. The number of hydrogen-bond acceptors (Lipinski definition) is 3. The SMILES string of the molecule is COc1cc(Cl)c(CCCO)cc1OC(C)C. The van der Waals surface area contributed by atoms with Crippen LogP contribution < -0.4 is 9.47 Å². The predicted molar refractivity (Wildman–Crippen MR) is 69.2 cm³/mol. The third-order valence-electron chi connectivity index (χ3n) is 2.30. The molecule has 1 aromatic carbocycles. The molecule has 1 aromatic rings. The van der Waals surface area contributed by atoms with Crippen LogP contribution in [0.4, 0.5) is 0 Å². The zero-order valence-corrected chi connectivity index (χ0v) is 11.3. The first kappa shape index (κ1) is 14.1. The van der Waals surface area contributed by atoms with E-state index >= 15 is 0 Å². The number of aryl methyl sites for hydroxylation is 1. The summed E-state index contributed by atoms with van der Waals surface area (Å²) < 4.78 is 10.9. The number of rotatable bonds is 6. The van der Waals surface area contributed by atoms with E-state index in [9.17, 15) is 0 Å². The molecule has 0 fully saturated rings. The van der Waals surface area contributed by atoms with Gasteiger partial charge in [-0.3, -0.25) is 0 Å². The van der Waals surface area contributed by atoms with Crippen LogP contribution in [-0.4, -0.2) is 24.9 Å². The van der Waals surface area contributed by atoms with Gasteiger partial charge < -0.3 is 14.6 Å². The summed E-state index contributed by atoms with van der Waals surface area (Å²) in [6, 6.07) is 3.64. The maximum atomic E-state index is 8.83. The Labute approximate surface area is 107 Å². The molecule has 0 heterocycles. The fourth-order valence-corrected chi connectivity index (χ4v) is 1.79. The van der Waals surface area contributed by atoms with Crippen LogP contribution in [0.25, 0.3) is 0 Å². The molecule has 0 aromatic heterocycles. The Hall–Kier alpha value is -0.930. The fraction of sp³-hybridized carbons (Fsp3) is 0.538. The Morgan fingerprint density at radius 2 is 2.00 bits per heavy atom. The van der Waals surface area contributed by atoms with Gasteiger partial charge in [-0.25, -0.2) is 0 Å². The van der Waals surface area contributed by atoms with Gasteiger partial charge in [0.2, 0.25) is 0 Å². The first-order chi connectivity index (χ1) is 8.08. The molecule has 3 nitrogen and oxygen atoms in total. The van der Waals surface area contributed by atoms with Crippen molar-refractivity contribution < 1.29 is 14.6 Å². The molecule has 1 rings (SSSR count). The van der Waals surface area contributed by atoms with Crippen LogP contribution >= 0.6 is 11.6 Å². The van der Waals surface area contributed by atoms with Crippen molar-refractivity contribution in [1.82, 2.24) is 0 Å². The van der Waals surface area contributed by atoms with Crippen molar-refractivity contribution in [2.75, 3.05) is 13.7 Å². The molecule has 0 amide bonds. The third-order valence-corrected chi connectivity index (χ3v) is 2.65. The zero-order chi connectivity index (χ0) is 12.8. The highest BCUT2D eigenvalue weighted by molar-refractivity contribution is 6.31. The molecule has 0 aliphatic rings. The number of hydrogen-bond donors (Lipinski definition) is 1. The first-order valence-corrected chi connectivity index (χ1v) is 6.10. The van der Waals surface area contributed by atoms with Crippen LogP contribution in [0.1, 0.15) is 25.8 Å². The number of methoxy groups -OCH3 is 1. The van der Waals surface area contributed by atoms with Gasteiger partial charge in [0.25, 0.3) is 0 Å². The predicted octanol–water partition coefficient (Wildman–Crippen LogP) is 3.06. The van der Waals surface area contributed by atoms with Crippen LogP contribution in [0.5, 0.6) is 11.5 Å². The lowest BCUT2D eigenvalue weighted by atomic mass is 10.1. The lowest BCUT2D eigenvalue weighted by Crippen LogP contribution is -2.07. The normalized spacial score (nSPS) is 10.7. The second-order valence-electron chi connectivity index (χ2n) is 4.09. The average Bonchev–Trinajstić information content (AvgIpc) is 2.28. The summed E-state index contributed by atoms with van der Waals surface area (Å²) in [5, 5.41) is 9.48. The highest BCUT2D eigenvalue weighted by atomic mass is 35.5. The highest BCUT2D eigenvalue weighted by Gasteiger charge is 2.11. The largest absolute Gasteiger partial charge is 0.493 e. The number of ether oxygens (including phenoxy) is 2. The molecule has 96 valence electrons. The molecule has 1 N–H and O–H groups in total. The quantitative estimate of drug-likeness (QED) is 0.852. The molecule has 0 spiro atoms. The number of halogens is 1. The second-order valence-corrected chi connectivity index (χ2v) is 4.50. The fourth-order valence-electron chi connectivity index (χ4n) is 1.54. The minimum absolute atomic E-state index is 0.0794. The molecule has 0 bridgehead atoms. The van der Waals surface area contributed by atoms with Crippen LogP contribution in [0, 0.1) is 0 Å². The average molecular weight is 259 g/mol. The van der Waals surface area contributed by atoms with E-state index in [0.29, 0.717) is 22.9 Å². The Morgan fingerprint density at radius 1 is 1.29 bits per heavy atom. The summed E-state index contributed by atoms with van der Waals surface area (Å²) in [5.74, 6) is 1.33. The van der Waals surface area contributed by atoms with E-state index in [1.165, 1.54) is 0 Å². The van der Waals surface area contributed by atoms with Gasteiger partial charge in [-0.1, -0.05) is 11.6 Å². The van der Waals surface area contributed by atoms with Crippen LogP contribution in [0.2, 0.25) is 5.02 Å². The van der Waals surface area contributed by atoms with Crippen molar-refractivity contribution in [2.24, 2.45) is 0 Å². The van der Waals surface area contributed by atoms with Gasteiger partial charge in [-0.15, -0.1) is 0 Å². The molecule has 17 heavy (non-hydrogen) atoms. The summed E-state index contributed by atoms with van der Waals surface area (Å²) in [7, 11) is 1.59. The lowest BCUT2D eigenvalue weighted by Gasteiger charge is -2.15. The Balaban J connectivity index is 2.99. The third kappa shape index (κ3) is 4.10. The van der Waals surface area contributed by atoms with Crippen molar-refractivity contribution in [3.05, 3.63) is 22.7 Å². The van der Waals surface area contributed by atoms with E-state index in [1.807, 2.05) is 19.9 Å². The van der Waals surface area contributed by atoms with Crippen LogP contribution in [0.15, 0.2) is 12.1 Å². The molecular weight excluding hydrogens is 240 g/mol. The minimum Gasteiger partial charge on any atom is -0.493 e. The molecule has 4 heteroatoms. The van der Waals surface area contributed by atoms with Gasteiger partial charge in [0.15, 0.2) is 11.5 Å². The van der Waals surface area contributed by atoms with Crippen molar-refractivity contribution in [3.63, 3.8) is 0 Å². The molecule has 0 unspecified atom stereocenters. The number of benzene rings is 1. The molecule has 0 atom stereocenters. The van der Waals surface area contributed by atoms with Gasteiger partial charge in [0.05, 0.1) is 13.2 Å². The maximum Gasteiger partial charge on any atom is 0.162 e. The Bertz CT molecular complexity index is 364. The van der Waals surface area contributed by atoms with Gasteiger partial charge in [-0.05, 0) is 38.3 Å². The molecule has 0 radical (unpaired) electrons. The van der Waals surface area contributed by atoms with E-state index in [4.69, 9.17) is 26.2 Å². The van der Waals surface area contributed by atoms with Gasteiger partial charge in [0.1, 0.15) is 0 Å². The molecule has 0 aliphatic carbocycles. The maximum absolute atomic E-state index is 8.83. The number of aliphatic hydroxyl groups is 1. The summed E-state index contributed by atoms with van der Waals surface area (Å²) in [4.78, 5) is 0. The van der Waals surface area contributed by atoms with Crippen molar-refractivity contribution in [1.29, 1.82) is 0 Å². The molecule has 0 saturated heterocycles. The zero-order valence-electron chi connectivity index (χ0n) is 10.5.